The van der Waals surface area contributed by atoms with Crippen molar-refractivity contribution in [1.29, 1.82) is 5.26 Å². The molecule has 0 saturated heterocycles. The lowest BCUT2D eigenvalue weighted by molar-refractivity contribution is -0.120. The van der Waals surface area contributed by atoms with E-state index in [1.54, 1.807) is 19.3 Å². The first-order valence-corrected chi connectivity index (χ1v) is 6.31. The number of H-pyrrole nitrogens is 1. The van der Waals surface area contributed by atoms with Gasteiger partial charge in [0.2, 0.25) is 5.91 Å². The smallest absolute Gasteiger partial charge is 0.231 e. The summed E-state index contributed by atoms with van der Waals surface area (Å²) in [5.74, 6) is 0.145. The number of thioether (sulfide) groups is 1. The zero-order chi connectivity index (χ0) is 12.9. The van der Waals surface area contributed by atoms with E-state index in [1.165, 1.54) is 11.8 Å². The number of hydrogen-bond acceptors (Lipinski definition) is 4. The molecule has 6 heteroatoms. The standard InChI is InChI=1S/C11H16N4OS/c1-8(2)11(3,7-12)15-9(16)6-17-10-13-4-5-14-10/h4-5,8H,6H2,1-3H3,(H,13,14)(H,15,16)/t11-/m1/s1. The number of imidazole rings is 1. The zero-order valence-corrected chi connectivity index (χ0v) is 11.0. The normalized spacial score (nSPS) is 14.1. The fourth-order valence-electron chi connectivity index (χ4n) is 1.09. The molecule has 1 aromatic heterocycles. The largest absolute Gasteiger partial charge is 0.340 e. The minimum absolute atomic E-state index is 0.0602. The molecule has 0 aliphatic heterocycles. The van der Waals surface area contributed by atoms with E-state index in [2.05, 4.69) is 21.4 Å². The number of nitrogens with one attached hydrogen (secondary N) is 2. The van der Waals surface area contributed by atoms with E-state index in [-0.39, 0.29) is 17.6 Å². The van der Waals surface area contributed by atoms with E-state index in [1.807, 2.05) is 13.8 Å². The highest BCUT2D eigenvalue weighted by atomic mass is 32.2. The van der Waals surface area contributed by atoms with Crippen LogP contribution in [-0.2, 0) is 4.79 Å². The van der Waals surface area contributed by atoms with Gasteiger partial charge in [0, 0.05) is 12.4 Å². The SMILES string of the molecule is CC(C)[C@@](C)(C#N)NC(=O)CSc1ncc[nH]1. The third-order valence-electron chi connectivity index (χ3n) is 2.60. The van der Waals surface area contributed by atoms with Crippen molar-refractivity contribution in [2.45, 2.75) is 31.5 Å². The highest BCUT2D eigenvalue weighted by Crippen LogP contribution is 2.16. The summed E-state index contributed by atoms with van der Waals surface area (Å²) in [5.41, 5.74) is -0.819. The molecule has 1 heterocycles. The van der Waals surface area contributed by atoms with Crippen molar-refractivity contribution in [1.82, 2.24) is 15.3 Å². The van der Waals surface area contributed by atoms with Gasteiger partial charge in [0.15, 0.2) is 5.16 Å². The van der Waals surface area contributed by atoms with Gasteiger partial charge in [0.05, 0.1) is 11.8 Å². The third kappa shape index (κ3) is 3.79. The van der Waals surface area contributed by atoms with E-state index >= 15 is 0 Å². The average molecular weight is 252 g/mol. The van der Waals surface area contributed by atoms with Crippen molar-refractivity contribution in [3.63, 3.8) is 0 Å². The number of rotatable bonds is 5. The number of carbonyl (C=O) groups excluding carboxylic acids is 1. The van der Waals surface area contributed by atoms with Crippen molar-refractivity contribution in [3.8, 4) is 6.07 Å². The lowest BCUT2D eigenvalue weighted by Crippen LogP contribution is -2.49. The molecule has 0 unspecified atom stereocenters. The molecule has 1 atom stereocenters. The molecule has 92 valence electrons. The molecule has 1 amide bonds. The van der Waals surface area contributed by atoms with E-state index in [0.29, 0.717) is 5.16 Å². The van der Waals surface area contributed by atoms with Crippen molar-refractivity contribution in [3.05, 3.63) is 12.4 Å². The highest BCUT2D eigenvalue weighted by Gasteiger charge is 2.29. The fourth-order valence-corrected chi connectivity index (χ4v) is 1.72. The molecule has 0 aromatic carbocycles. The van der Waals surface area contributed by atoms with Gasteiger partial charge in [-0.25, -0.2) is 4.98 Å². The third-order valence-corrected chi connectivity index (χ3v) is 3.50. The number of carbonyl (C=O) groups is 1. The first-order valence-electron chi connectivity index (χ1n) is 5.32. The van der Waals surface area contributed by atoms with E-state index in [0.717, 1.165) is 0 Å². The van der Waals surface area contributed by atoms with Crippen molar-refractivity contribution < 1.29 is 4.79 Å². The van der Waals surface area contributed by atoms with E-state index in [9.17, 15) is 4.79 Å². The van der Waals surface area contributed by atoms with Crippen LogP contribution in [0.2, 0.25) is 0 Å². The van der Waals surface area contributed by atoms with Crippen LogP contribution >= 0.6 is 11.8 Å². The fraction of sp³-hybridized carbons (Fsp3) is 0.545. The Morgan fingerprint density at radius 2 is 2.47 bits per heavy atom. The van der Waals surface area contributed by atoms with E-state index < -0.39 is 5.54 Å². The molecule has 2 N–H and O–H groups in total. The van der Waals surface area contributed by atoms with Crippen LogP contribution in [0.4, 0.5) is 0 Å². The molecule has 0 radical (unpaired) electrons. The molecule has 17 heavy (non-hydrogen) atoms. The minimum Gasteiger partial charge on any atom is -0.340 e. The minimum atomic E-state index is -0.819. The van der Waals surface area contributed by atoms with Gasteiger partial charge in [0.25, 0.3) is 0 Å². The van der Waals surface area contributed by atoms with Gasteiger partial charge in [-0.05, 0) is 12.8 Å². The number of nitrogens with zero attached hydrogens (tertiary/aromatic N) is 2. The van der Waals surface area contributed by atoms with Crippen LogP contribution in [0, 0.1) is 17.2 Å². The summed E-state index contributed by atoms with van der Waals surface area (Å²) >= 11 is 1.31. The quantitative estimate of drug-likeness (QED) is 0.779. The Labute approximate surface area is 105 Å². The van der Waals surface area contributed by atoms with Gasteiger partial charge in [-0.2, -0.15) is 5.26 Å². The maximum atomic E-state index is 11.7. The summed E-state index contributed by atoms with van der Waals surface area (Å²) in [6.45, 7) is 5.54. The Morgan fingerprint density at radius 1 is 1.76 bits per heavy atom. The molecule has 0 saturated carbocycles. The van der Waals surface area contributed by atoms with Crippen LogP contribution in [0.15, 0.2) is 17.6 Å². The second-order valence-corrected chi connectivity index (χ2v) is 5.16. The van der Waals surface area contributed by atoms with Crippen LogP contribution < -0.4 is 5.32 Å². The van der Waals surface area contributed by atoms with Crippen LogP contribution in [0.3, 0.4) is 0 Å². The van der Waals surface area contributed by atoms with Gasteiger partial charge in [-0.3, -0.25) is 4.79 Å². The molecule has 1 aromatic rings. The Kier molecular flexibility index (Phi) is 4.58. The number of aromatic nitrogens is 2. The molecule has 5 nitrogen and oxygen atoms in total. The first kappa shape index (κ1) is 13.6. The van der Waals surface area contributed by atoms with Gasteiger partial charge >= 0.3 is 0 Å². The molecule has 1 rings (SSSR count). The van der Waals surface area contributed by atoms with Crippen LogP contribution in [0.5, 0.6) is 0 Å². The molecule has 0 aliphatic rings. The Hall–Kier alpha value is -1.48. The molecule has 0 bridgehead atoms. The van der Waals surface area contributed by atoms with Gasteiger partial charge in [-0.15, -0.1) is 0 Å². The summed E-state index contributed by atoms with van der Waals surface area (Å²) in [4.78, 5) is 18.6. The van der Waals surface area contributed by atoms with Gasteiger partial charge < -0.3 is 10.3 Å². The molecular weight excluding hydrogens is 236 g/mol. The maximum absolute atomic E-state index is 11.7. The second kappa shape index (κ2) is 5.73. The second-order valence-electron chi connectivity index (χ2n) is 4.20. The van der Waals surface area contributed by atoms with Crippen LogP contribution in [-0.4, -0.2) is 27.2 Å². The molecule has 0 fully saturated rings. The summed E-state index contributed by atoms with van der Waals surface area (Å²) in [6, 6.07) is 2.14. The summed E-state index contributed by atoms with van der Waals surface area (Å²) in [5, 5.41) is 12.5. The van der Waals surface area contributed by atoms with Crippen LogP contribution in [0.1, 0.15) is 20.8 Å². The Morgan fingerprint density at radius 3 is 2.94 bits per heavy atom. The lowest BCUT2D eigenvalue weighted by atomic mass is 9.90. The molecular formula is C11H16N4OS. The summed E-state index contributed by atoms with van der Waals surface area (Å²) in [6.07, 6.45) is 3.33. The predicted molar refractivity (Wildman–Crippen MR) is 66.3 cm³/mol. The van der Waals surface area contributed by atoms with Crippen molar-refractivity contribution in [2.75, 3.05) is 5.75 Å². The zero-order valence-electron chi connectivity index (χ0n) is 10.2. The Balaban J connectivity index is 2.47. The van der Waals surface area contributed by atoms with Gasteiger partial charge in [-0.1, -0.05) is 25.6 Å². The van der Waals surface area contributed by atoms with Crippen LogP contribution in [0.25, 0.3) is 0 Å². The summed E-state index contributed by atoms with van der Waals surface area (Å²) < 4.78 is 0. The predicted octanol–water partition coefficient (Wildman–Crippen LogP) is 1.56. The number of amides is 1. The Bertz CT molecular complexity index is 410. The van der Waals surface area contributed by atoms with Gasteiger partial charge in [0.1, 0.15) is 5.54 Å². The first-order chi connectivity index (χ1) is 7.98. The monoisotopic (exact) mass is 252 g/mol. The topological polar surface area (TPSA) is 81.6 Å². The van der Waals surface area contributed by atoms with Crippen molar-refractivity contribution >= 4 is 17.7 Å². The molecule has 0 spiro atoms. The lowest BCUT2D eigenvalue weighted by Gasteiger charge is -2.27. The maximum Gasteiger partial charge on any atom is 0.231 e. The van der Waals surface area contributed by atoms with E-state index in [4.69, 9.17) is 5.26 Å². The number of nitriles is 1. The molecule has 0 aliphatic carbocycles. The summed E-state index contributed by atoms with van der Waals surface area (Å²) in [7, 11) is 0. The highest BCUT2D eigenvalue weighted by molar-refractivity contribution is 7.99. The van der Waals surface area contributed by atoms with Crippen molar-refractivity contribution in [2.24, 2.45) is 5.92 Å². The average Bonchev–Trinajstić information content (AvgIpc) is 2.78. The number of hydrogen-bond donors (Lipinski definition) is 2. The number of aromatic amines is 1.